The molecule has 0 spiro atoms. The van der Waals surface area contributed by atoms with Gasteiger partial charge in [0.25, 0.3) is 0 Å². The zero-order chi connectivity index (χ0) is 14.4. The first kappa shape index (κ1) is 15.9. The predicted molar refractivity (Wildman–Crippen MR) is 84.6 cm³/mol. The summed E-state index contributed by atoms with van der Waals surface area (Å²) in [6, 6.07) is 0.412. The molecule has 0 atom stereocenters. The second-order valence-corrected chi connectivity index (χ2v) is 8.53. The zero-order valence-electron chi connectivity index (χ0n) is 11.8. The Morgan fingerprint density at radius 1 is 1.30 bits per heavy atom. The highest BCUT2D eigenvalue weighted by Crippen LogP contribution is 2.17. The van der Waals surface area contributed by atoms with Gasteiger partial charge in [-0.05, 0) is 12.8 Å². The van der Waals surface area contributed by atoms with Crippen LogP contribution < -0.4 is 11.1 Å². The minimum atomic E-state index is -3.18. The molecule has 3 N–H and O–H groups in total. The van der Waals surface area contributed by atoms with Crippen molar-refractivity contribution < 1.29 is 8.42 Å². The molecule has 0 unspecified atom stereocenters. The van der Waals surface area contributed by atoms with Gasteiger partial charge in [-0.1, -0.05) is 12.8 Å². The molecule has 6 nitrogen and oxygen atoms in total. The molecular weight excluding hydrogens is 296 g/mol. The van der Waals surface area contributed by atoms with Gasteiger partial charge in [0.2, 0.25) is 10.0 Å². The first-order chi connectivity index (χ1) is 9.58. The maximum absolute atomic E-state index is 12.1. The number of nitrogens with zero attached hydrogens (tertiary/aromatic N) is 2. The first-order valence-corrected chi connectivity index (χ1v) is 9.96. The van der Waals surface area contributed by atoms with E-state index in [0.29, 0.717) is 25.1 Å². The number of rotatable bonds is 5. The molecule has 0 amide bonds. The van der Waals surface area contributed by atoms with Crippen molar-refractivity contribution in [2.45, 2.75) is 31.7 Å². The molecule has 0 radical (unpaired) electrons. The van der Waals surface area contributed by atoms with E-state index < -0.39 is 10.0 Å². The summed E-state index contributed by atoms with van der Waals surface area (Å²) in [4.78, 5) is 4.14. The van der Waals surface area contributed by atoms with Crippen LogP contribution in [0, 0.1) is 0 Å². The molecule has 1 aliphatic heterocycles. The number of nitrogens with one attached hydrogen (secondary N) is 1. The van der Waals surface area contributed by atoms with E-state index in [4.69, 9.17) is 5.73 Å². The van der Waals surface area contributed by atoms with Gasteiger partial charge in [0.05, 0.1) is 12.3 Å². The van der Waals surface area contributed by atoms with Gasteiger partial charge in [-0.3, -0.25) is 4.99 Å². The summed E-state index contributed by atoms with van der Waals surface area (Å²) in [5, 5.41) is 3.16. The molecule has 0 aromatic rings. The molecular formula is C12H24N4O2S2. The minimum Gasteiger partial charge on any atom is -0.370 e. The molecule has 0 aromatic carbocycles. The number of sulfonamides is 1. The highest BCUT2D eigenvalue weighted by Gasteiger charge is 2.23. The molecule has 2 aliphatic rings. The van der Waals surface area contributed by atoms with Gasteiger partial charge in [-0.15, -0.1) is 0 Å². The van der Waals surface area contributed by atoms with Crippen LogP contribution in [0.4, 0.5) is 0 Å². The number of thioether (sulfide) groups is 1. The molecule has 2 fully saturated rings. The van der Waals surface area contributed by atoms with Crippen LogP contribution in [0.3, 0.4) is 0 Å². The van der Waals surface area contributed by atoms with Crippen LogP contribution >= 0.6 is 11.8 Å². The zero-order valence-corrected chi connectivity index (χ0v) is 13.4. The SMILES string of the molecule is NC(=NCCS(=O)(=O)N1CCSCC1)NC1CCCC1. The summed E-state index contributed by atoms with van der Waals surface area (Å²) in [6.07, 6.45) is 4.71. The Kier molecular flexibility index (Phi) is 5.98. The van der Waals surface area contributed by atoms with Crippen LogP contribution in [0.5, 0.6) is 0 Å². The van der Waals surface area contributed by atoms with E-state index in [-0.39, 0.29) is 12.3 Å². The summed E-state index contributed by atoms with van der Waals surface area (Å²) in [5.74, 6) is 2.19. The van der Waals surface area contributed by atoms with Crippen molar-refractivity contribution in [2.24, 2.45) is 10.7 Å². The van der Waals surface area contributed by atoms with Crippen molar-refractivity contribution in [1.82, 2.24) is 9.62 Å². The Morgan fingerprint density at radius 3 is 2.60 bits per heavy atom. The average molecular weight is 320 g/mol. The van der Waals surface area contributed by atoms with E-state index in [1.807, 2.05) is 0 Å². The Labute approximate surface area is 125 Å². The van der Waals surface area contributed by atoms with Crippen molar-refractivity contribution in [3.63, 3.8) is 0 Å². The third-order valence-electron chi connectivity index (χ3n) is 3.70. The standard InChI is InChI=1S/C12H24N4O2S2/c13-12(15-11-3-1-2-4-11)14-5-10-20(17,18)16-6-8-19-9-7-16/h11H,1-10H2,(H3,13,14,15). The highest BCUT2D eigenvalue weighted by atomic mass is 32.2. The second kappa shape index (κ2) is 7.51. The summed E-state index contributed by atoms with van der Waals surface area (Å²) < 4.78 is 25.8. The van der Waals surface area contributed by atoms with Gasteiger partial charge in [-0.2, -0.15) is 11.8 Å². The fourth-order valence-electron chi connectivity index (χ4n) is 2.56. The lowest BCUT2D eigenvalue weighted by Gasteiger charge is -2.25. The monoisotopic (exact) mass is 320 g/mol. The van der Waals surface area contributed by atoms with Crippen LogP contribution in [0.2, 0.25) is 0 Å². The van der Waals surface area contributed by atoms with Gasteiger partial charge in [-0.25, -0.2) is 12.7 Å². The van der Waals surface area contributed by atoms with Gasteiger partial charge in [0.15, 0.2) is 5.96 Å². The Balaban J connectivity index is 1.75. The molecule has 2 rings (SSSR count). The van der Waals surface area contributed by atoms with Crippen LogP contribution in [0.25, 0.3) is 0 Å². The second-order valence-electron chi connectivity index (χ2n) is 5.22. The lowest BCUT2D eigenvalue weighted by Crippen LogP contribution is -2.41. The van der Waals surface area contributed by atoms with Crippen LogP contribution in [-0.2, 0) is 10.0 Å². The Hall–Kier alpha value is -0.470. The lowest BCUT2D eigenvalue weighted by molar-refractivity contribution is 0.444. The maximum Gasteiger partial charge on any atom is 0.215 e. The van der Waals surface area contributed by atoms with E-state index in [9.17, 15) is 8.42 Å². The van der Waals surface area contributed by atoms with Gasteiger partial charge >= 0.3 is 0 Å². The summed E-state index contributed by atoms with van der Waals surface area (Å²) in [6.45, 7) is 1.47. The molecule has 1 saturated heterocycles. The predicted octanol–water partition coefficient (Wildman–Crippen LogP) is 0.212. The average Bonchev–Trinajstić information content (AvgIpc) is 2.92. The molecule has 1 heterocycles. The Bertz CT molecular complexity index is 427. The lowest BCUT2D eigenvalue weighted by atomic mass is 10.3. The number of hydrogen-bond acceptors (Lipinski definition) is 4. The largest absolute Gasteiger partial charge is 0.370 e. The van der Waals surface area contributed by atoms with Crippen LogP contribution in [-0.4, -0.2) is 61.6 Å². The summed E-state index contributed by atoms with van der Waals surface area (Å²) in [7, 11) is -3.18. The van der Waals surface area contributed by atoms with Crippen molar-refractivity contribution in [3.8, 4) is 0 Å². The maximum atomic E-state index is 12.1. The van der Waals surface area contributed by atoms with Gasteiger partial charge < -0.3 is 11.1 Å². The highest BCUT2D eigenvalue weighted by molar-refractivity contribution is 7.99. The summed E-state index contributed by atoms with van der Waals surface area (Å²) in [5.41, 5.74) is 5.79. The number of aliphatic imine (C=N–C) groups is 1. The fraction of sp³-hybridized carbons (Fsp3) is 0.917. The third-order valence-corrected chi connectivity index (χ3v) is 6.49. The van der Waals surface area contributed by atoms with Gasteiger partial charge in [0, 0.05) is 30.6 Å². The molecule has 0 aromatic heterocycles. The van der Waals surface area contributed by atoms with Crippen molar-refractivity contribution in [2.75, 3.05) is 36.9 Å². The number of nitrogens with two attached hydrogens (primary N) is 1. The van der Waals surface area contributed by atoms with Crippen LogP contribution in [0.15, 0.2) is 4.99 Å². The molecule has 1 aliphatic carbocycles. The molecule has 8 heteroatoms. The third kappa shape index (κ3) is 4.82. The molecule has 116 valence electrons. The van der Waals surface area contributed by atoms with E-state index in [1.165, 1.54) is 12.8 Å². The minimum absolute atomic E-state index is 0.0463. The van der Waals surface area contributed by atoms with Crippen molar-refractivity contribution in [1.29, 1.82) is 0 Å². The van der Waals surface area contributed by atoms with E-state index >= 15 is 0 Å². The number of guanidine groups is 1. The normalized spacial score (nSPS) is 23.1. The van der Waals surface area contributed by atoms with Gasteiger partial charge in [0.1, 0.15) is 0 Å². The van der Waals surface area contributed by atoms with Crippen molar-refractivity contribution >= 4 is 27.7 Å². The van der Waals surface area contributed by atoms with E-state index in [0.717, 1.165) is 24.3 Å². The fourth-order valence-corrected chi connectivity index (χ4v) is 5.01. The summed E-state index contributed by atoms with van der Waals surface area (Å²) >= 11 is 1.80. The molecule has 20 heavy (non-hydrogen) atoms. The quantitative estimate of drug-likeness (QED) is 0.558. The first-order valence-electron chi connectivity index (χ1n) is 7.20. The van der Waals surface area contributed by atoms with E-state index in [1.54, 1.807) is 16.1 Å². The van der Waals surface area contributed by atoms with Crippen molar-refractivity contribution in [3.05, 3.63) is 0 Å². The smallest absolute Gasteiger partial charge is 0.215 e. The molecule has 0 bridgehead atoms. The van der Waals surface area contributed by atoms with E-state index in [2.05, 4.69) is 10.3 Å². The molecule has 1 saturated carbocycles. The topological polar surface area (TPSA) is 87.8 Å². The number of hydrogen-bond donors (Lipinski definition) is 2. The van der Waals surface area contributed by atoms with Crippen LogP contribution in [0.1, 0.15) is 25.7 Å². The Morgan fingerprint density at radius 2 is 1.95 bits per heavy atom.